The fraction of sp³-hybridized carbons (Fsp3) is 0.463. The Morgan fingerprint density at radius 3 is 1.78 bits per heavy atom. The Hall–Kier alpha value is -5.30. The molecule has 0 radical (unpaired) electrons. The number of ketones is 2. The Balaban J connectivity index is 1.15. The molecule has 5 rings (SSSR count). The predicted octanol–water partition coefficient (Wildman–Crippen LogP) is 6.38. The standard InChI is InChI=1S/C41H48N2O11/c1-40(2,3)53-38(48)42-18-8-7-9-32(42)36(46)51-25-35(45)31-17-16-29-21-28(14-15-30(29)22-31)26-10-12-27(13-11-26)34(44)24-52-37(47)33-23-50-20-19-43(33)39(49)54-41(4,5)6/h10-17,21-22,32-33H,7-9,18-20,23-25H2,1-6H3/t32-,33-/m0/s1. The first kappa shape index (κ1) is 39.9. The molecule has 0 aromatic heterocycles. The van der Waals surface area contributed by atoms with E-state index in [-0.39, 0.29) is 25.5 Å². The van der Waals surface area contributed by atoms with Crippen LogP contribution in [-0.2, 0) is 33.3 Å². The van der Waals surface area contributed by atoms with E-state index in [1.54, 1.807) is 77.9 Å². The largest absolute Gasteiger partial charge is 0.456 e. The van der Waals surface area contributed by atoms with Gasteiger partial charge in [0.05, 0.1) is 13.2 Å². The van der Waals surface area contributed by atoms with E-state index < -0.39 is 66.4 Å². The van der Waals surface area contributed by atoms with Crippen molar-refractivity contribution in [1.29, 1.82) is 0 Å². The number of fused-ring (bicyclic) bond motifs is 1. The predicted molar refractivity (Wildman–Crippen MR) is 198 cm³/mol. The average molecular weight is 745 g/mol. The summed E-state index contributed by atoms with van der Waals surface area (Å²) in [6.07, 6.45) is 0.720. The fourth-order valence-corrected chi connectivity index (χ4v) is 6.13. The topological polar surface area (TPSA) is 155 Å². The number of hydrogen-bond donors (Lipinski definition) is 0. The van der Waals surface area contributed by atoms with Crippen LogP contribution >= 0.6 is 0 Å². The summed E-state index contributed by atoms with van der Waals surface area (Å²) in [7, 11) is 0. The zero-order valence-corrected chi connectivity index (χ0v) is 31.7. The van der Waals surface area contributed by atoms with Crippen molar-refractivity contribution in [2.45, 2.75) is 84.1 Å². The number of carbonyl (C=O) groups excluding carboxylic acids is 6. The van der Waals surface area contributed by atoms with Crippen molar-refractivity contribution < 1.29 is 52.5 Å². The number of likely N-dealkylation sites (tertiary alicyclic amines) is 1. The van der Waals surface area contributed by atoms with Crippen LogP contribution in [0.5, 0.6) is 0 Å². The maximum absolute atomic E-state index is 13.0. The molecule has 2 atom stereocenters. The Morgan fingerprint density at radius 1 is 0.630 bits per heavy atom. The smallest absolute Gasteiger partial charge is 0.411 e. The lowest BCUT2D eigenvalue weighted by atomic mass is 9.98. The molecule has 0 unspecified atom stereocenters. The number of amides is 2. The van der Waals surface area contributed by atoms with Crippen molar-refractivity contribution in [3.05, 3.63) is 71.8 Å². The van der Waals surface area contributed by atoms with Gasteiger partial charge in [-0.2, -0.15) is 0 Å². The average Bonchev–Trinajstić information content (AvgIpc) is 3.14. The summed E-state index contributed by atoms with van der Waals surface area (Å²) < 4.78 is 26.9. The van der Waals surface area contributed by atoms with Crippen molar-refractivity contribution in [3.8, 4) is 11.1 Å². The summed E-state index contributed by atoms with van der Waals surface area (Å²) in [6.45, 7) is 10.3. The number of morpholine rings is 1. The van der Waals surface area contributed by atoms with Gasteiger partial charge in [-0.1, -0.05) is 48.5 Å². The van der Waals surface area contributed by atoms with E-state index in [0.29, 0.717) is 24.1 Å². The molecule has 2 aliphatic rings. The van der Waals surface area contributed by atoms with Crippen molar-refractivity contribution >= 4 is 46.5 Å². The molecule has 0 bridgehead atoms. The van der Waals surface area contributed by atoms with Crippen LogP contribution in [0.3, 0.4) is 0 Å². The first-order valence-electron chi connectivity index (χ1n) is 18.1. The van der Waals surface area contributed by atoms with Crippen molar-refractivity contribution in [3.63, 3.8) is 0 Å². The summed E-state index contributed by atoms with van der Waals surface area (Å²) in [5.74, 6) is -2.16. The highest BCUT2D eigenvalue weighted by molar-refractivity contribution is 6.02. The van der Waals surface area contributed by atoms with E-state index in [1.165, 1.54) is 9.80 Å². The lowest BCUT2D eigenvalue weighted by molar-refractivity contribution is -0.154. The number of piperidine rings is 1. The molecule has 0 saturated carbocycles. The quantitative estimate of drug-likeness (QED) is 0.136. The molecule has 288 valence electrons. The number of carbonyl (C=O) groups is 6. The summed E-state index contributed by atoms with van der Waals surface area (Å²) in [4.78, 5) is 79.7. The van der Waals surface area contributed by atoms with Gasteiger partial charge in [-0.15, -0.1) is 0 Å². The molecular formula is C41H48N2O11. The highest BCUT2D eigenvalue weighted by Gasteiger charge is 2.38. The molecule has 2 aliphatic heterocycles. The van der Waals surface area contributed by atoms with E-state index in [9.17, 15) is 28.8 Å². The number of esters is 2. The third-order valence-electron chi connectivity index (χ3n) is 8.82. The number of hydrogen-bond acceptors (Lipinski definition) is 11. The maximum Gasteiger partial charge on any atom is 0.411 e. The minimum absolute atomic E-state index is 0.0577. The minimum Gasteiger partial charge on any atom is -0.456 e. The van der Waals surface area contributed by atoms with E-state index in [2.05, 4.69) is 0 Å². The highest BCUT2D eigenvalue weighted by Crippen LogP contribution is 2.27. The molecule has 0 N–H and O–H groups in total. The number of nitrogens with zero attached hydrogens (tertiary/aromatic N) is 2. The molecule has 2 amide bonds. The number of rotatable bonds is 9. The summed E-state index contributed by atoms with van der Waals surface area (Å²) in [5, 5.41) is 1.68. The normalized spacial score (nSPS) is 17.7. The minimum atomic E-state index is -1.02. The molecule has 54 heavy (non-hydrogen) atoms. The molecule has 13 heteroatoms. The van der Waals surface area contributed by atoms with Crippen molar-refractivity contribution in [2.24, 2.45) is 0 Å². The first-order valence-corrected chi connectivity index (χ1v) is 18.1. The van der Waals surface area contributed by atoms with Crippen LogP contribution in [-0.4, -0.2) is 108 Å². The lowest BCUT2D eigenvalue weighted by Gasteiger charge is -2.35. The zero-order chi connectivity index (χ0) is 39.2. The van der Waals surface area contributed by atoms with Crippen LogP contribution in [0.15, 0.2) is 60.7 Å². The van der Waals surface area contributed by atoms with E-state index in [0.717, 1.165) is 34.7 Å². The van der Waals surface area contributed by atoms with Gasteiger partial charge in [0.1, 0.15) is 17.2 Å². The maximum atomic E-state index is 13.0. The third kappa shape index (κ3) is 10.4. The van der Waals surface area contributed by atoms with Crippen LogP contribution in [0, 0.1) is 0 Å². The molecule has 2 fully saturated rings. The lowest BCUT2D eigenvalue weighted by Crippen LogP contribution is -2.54. The zero-order valence-electron chi connectivity index (χ0n) is 31.7. The molecule has 0 spiro atoms. The number of benzene rings is 3. The molecule has 2 saturated heterocycles. The van der Waals surface area contributed by atoms with Gasteiger partial charge in [-0.05, 0) is 94.8 Å². The summed E-state index contributed by atoms with van der Waals surface area (Å²) in [5.41, 5.74) is 1.00. The summed E-state index contributed by atoms with van der Waals surface area (Å²) in [6, 6.07) is 16.0. The third-order valence-corrected chi connectivity index (χ3v) is 8.82. The Bertz CT molecular complexity index is 1890. The van der Waals surface area contributed by atoms with Crippen molar-refractivity contribution in [2.75, 3.05) is 39.5 Å². The summed E-state index contributed by atoms with van der Waals surface area (Å²) >= 11 is 0. The fourth-order valence-electron chi connectivity index (χ4n) is 6.13. The molecule has 2 heterocycles. The van der Waals surface area contributed by atoms with Gasteiger partial charge in [0.15, 0.2) is 30.8 Å². The monoisotopic (exact) mass is 744 g/mol. The van der Waals surface area contributed by atoms with Gasteiger partial charge in [-0.25, -0.2) is 19.2 Å². The molecule has 13 nitrogen and oxygen atoms in total. The molecular weight excluding hydrogens is 696 g/mol. The second-order valence-corrected chi connectivity index (χ2v) is 15.4. The van der Waals surface area contributed by atoms with Gasteiger partial charge in [0.25, 0.3) is 0 Å². The molecule has 3 aromatic carbocycles. The van der Waals surface area contributed by atoms with Crippen LogP contribution in [0.4, 0.5) is 9.59 Å². The molecule has 0 aliphatic carbocycles. The first-order chi connectivity index (χ1) is 25.5. The van der Waals surface area contributed by atoms with Gasteiger partial charge in [0.2, 0.25) is 0 Å². The van der Waals surface area contributed by atoms with Crippen LogP contribution < -0.4 is 0 Å². The Kier molecular flexibility index (Phi) is 12.4. The number of ether oxygens (including phenoxy) is 5. The SMILES string of the molecule is CC(C)(C)OC(=O)N1CCCC[C@H]1C(=O)OCC(=O)c1ccc2cc(-c3ccc(C(=O)COC(=O)[C@@H]4COCCN4C(=O)OC(C)(C)C)cc3)ccc2c1. The van der Waals surface area contributed by atoms with Crippen LogP contribution in [0.2, 0.25) is 0 Å². The van der Waals surface area contributed by atoms with E-state index in [1.807, 2.05) is 24.3 Å². The van der Waals surface area contributed by atoms with Gasteiger partial charge in [-0.3, -0.25) is 19.4 Å². The highest BCUT2D eigenvalue weighted by atomic mass is 16.6. The van der Waals surface area contributed by atoms with E-state index >= 15 is 0 Å². The van der Waals surface area contributed by atoms with E-state index in [4.69, 9.17) is 23.7 Å². The Morgan fingerprint density at radius 2 is 1.15 bits per heavy atom. The van der Waals surface area contributed by atoms with Gasteiger partial charge in [0, 0.05) is 24.2 Å². The second-order valence-electron chi connectivity index (χ2n) is 15.4. The van der Waals surface area contributed by atoms with Crippen molar-refractivity contribution in [1.82, 2.24) is 9.80 Å². The van der Waals surface area contributed by atoms with Gasteiger partial charge < -0.3 is 23.7 Å². The van der Waals surface area contributed by atoms with Crippen LogP contribution in [0.1, 0.15) is 81.5 Å². The second kappa shape index (κ2) is 16.8. The Labute approximate surface area is 314 Å². The van der Waals surface area contributed by atoms with Gasteiger partial charge >= 0.3 is 24.1 Å². The van der Waals surface area contributed by atoms with Crippen LogP contribution in [0.25, 0.3) is 21.9 Å². The number of Topliss-reactive ketones (excluding diaryl/α,β-unsaturated/α-hetero) is 2. The molecule has 3 aromatic rings.